The van der Waals surface area contributed by atoms with Crippen molar-refractivity contribution in [2.45, 2.75) is 90.3 Å². The minimum absolute atomic E-state index is 0.476. The number of unbranched alkanes of at least 4 members (excludes halogenated alkanes) is 4. The zero-order valence-electron chi connectivity index (χ0n) is 25.1. The SMILES string of the molecule is C[C@@H](C(=O)O)N(C(N)=O)c1cccc(CCCCOCCCCCCNC[C@H](O)c2ccc3c(c2)COC(C)(C)O3)c1. The average molecular weight is 586 g/mol. The van der Waals surface area contributed by atoms with E-state index in [-0.39, 0.29) is 0 Å². The van der Waals surface area contributed by atoms with Crippen molar-refractivity contribution in [3.8, 4) is 5.75 Å². The number of hydrogen-bond acceptors (Lipinski definition) is 7. The van der Waals surface area contributed by atoms with E-state index in [1.54, 1.807) is 6.07 Å². The van der Waals surface area contributed by atoms with Gasteiger partial charge in [-0.3, -0.25) is 4.90 Å². The van der Waals surface area contributed by atoms with Crippen LogP contribution in [0.1, 0.15) is 82.1 Å². The number of ether oxygens (including phenoxy) is 3. The molecule has 2 aromatic rings. The van der Waals surface area contributed by atoms with Gasteiger partial charge in [0.2, 0.25) is 5.79 Å². The summed E-state index contributed by atoms with van der Waals surface area (Å²) in [4.78, 5) is 24.2. The topological polar surface area (TPSA) is 144 Å². The Kier molecular flexibility index (Phi) is 13.1. The molecule has 10 heteroatoms. The number of aryl methyl sites for hydroxylation is 1. The van der Waals surface area contributed by atoms with E-state index in [9.17, 15) is 19.8 Å². The average Bonchev–Trinajstić information content (AvgIpc) is 2.94. The summed E-state index contributed by atoms with van der Waals surface area (Å²) >= 11 is 0. The maximum atomic E-state index is 11.8. The lowest BCUT2D eigenvalue weighted by atomic mass is 10.0. The standard InChI is InChI=1S/C32H47N3O7/c1-23(30(37)38)35(31(33)39)27-13-10-12-24(19-27)11-6-9-18-40-17-8-5-4-7-16-34-21-28(36)25-14-15-29-26(20-25)22-41-32(2,3)42-29/h10,12-15,19-20,23,28,34,36H,4-9,11,16-18,21-22H2,1-3H3,(H2,33,39)(H,37,38)/t23-,28-/m0/s1. The number of benzene rings is 2. The van der Waals surface area contributed by atoms with Gasteiger partial charge in [0.05, 0.1) is 12.7 Å². The Morgan fingerprint density at radius 2 is 1.81 bits per heavy atom. The summed E-state index contributed by atoms with van der Waals surface area (Å²) in [5.41, 5.74) is 8.75. The number of amides is 2. The summed E-state index contributed by atoms with van der Waals surface area (Å²) < 4.78 is 17.3. The third-order valence-corrected chi connectivity index (χ3v) is 7.31. The summed E-state index contributed by atoms with van der Waals surface area (Å²) in [6.45, 7) is 8.49. The number of carboxylic acids is 1. The molecular weight excluding hydrogens is 538 g/mol. The highest BCUT2D eigenvalue weighted by molar-refractivity contribution is 5.97. The fraction of sp³-hybridized carbons (Fsp3) is 0.562. The number of aliphatic hydroxyl groups is 1. The number of carboxylic acid groups (broad SMARTS) is 1. The Morgan fingerprint density at radius 3 is 2.55 bits per heavy atom. The van der Waals surface area contributed by atoms with Gasteiger partial charge in [-0.25, -0.2) is 9.59 Å². The van der Waals surface area contributed by atoms with Crippen LogP contribution in [0.4, 0.5) is 10.5 Å². The Bertz CT molecular complexity index is 1160. The molecule has 0 spiro atoms. The predicted molar refractivity (Wildman–Crippen MR) is 162 cm³/mol. The van der Waals surface area contributed by atoms with Crippen LogP contribution in [0.3, 0.4) is 0 Å². The Hall–Kier alpha value is -3.18. The van der Waals surface area contributed by atoms with Gasteiger partial charge in [-0.2, -0.15) is 0 Å². The van der Waals surface area contributed by atoms with Crippen LogP contribution in [-0.4, -0.2) is 60.3 Å². The molecule has 5 N–H and O–H groups in total. The maximum Gasteiger partial charge on any atom is 0.326 e. The molecule has 0 saturated heterocycles. The van der Waals surface area contributed by atoms with Crippen LogP contribution in [-0.2, 0) is 27.3 Å². The molecule has 0 aromatic heterocycles. The van der Waals surface area contributed by atoms with Crippen LogP contribution >= 0.6 is 0 Å². The number of aliphatic carboxylic acids is 1. The van der Waals surface area contributed by atoms with Crippen molar-refractivity contribution in [2.75, 3.05) is 31.2 Å². The first-order valence-electron chi connectivity index (χ1n) is 14.9. The third-order valence-electron chi connectivity index (χ3n) is 7.31. The monoisotopic (exact) mass is 585 g/mol. The first-order chi connectivity index (χ1) is 20.1. The Labute approximate surface area is 249 Å². The molecule has 0 radical (unpaired) electrons. The molecule has 0 aliphatic carbocycles. The molecule has 2 atom stereocenters. The molecule has 42 heavy (non-hydrogen) atoms. The maximum absolute atomic E-state index is 11.8. The van der Waals surface area contributed by atoms with E-state index >= 15 is 0 Å². The normalized spacial score (nSPS) is 15.3. The molecule has 3 rings (SSSR count). The number of primary amides is 1. The number of aliphatic hydroxyl groups excluding tert-OH is 1. The minimum Gasteiger partial charge on any atom is -0.480 e. The Balaban J connectivity index is 1.19. The van der Waals surface area contributed by atoms with E-state index in [0.717, 1.165) is 85.4 Å². The van der Waals surface area contributed by atoms with Gasteiger partial charge in [0.1, 0.15) is 11.8 Å². The van der Waals surface area contributed by atoms with Crippen LogP contribution in [0.25, 0.3) is 0 Å². The lowest BCUT2D eigenvalue weighted by molar-refractivity contribution is -0.180. The molecule has 0 saturated carbocycles. The lowest BCUT2D eigenvalue weighted by Crippen LogP contribution is -2.46. The molecular formula is C32H47N3O7. The van der Waals surface area contributed by atoms with Crippen LogP contribution < -0.4 is 20.7 Å². The smallest absolute Gasteiger partial charge is 0.326 e. The van der Waals surface area contributed by atoms with Gasteiger partial charge in [0.15, 0.2) is 0 Å². The molecule has 2 aromatic carbocycles. The highest BCUT2D eigenvalue weighted by Gasteiger charge is 2.28. The number of nitrogens with one attached hydrogen (secondary N) is 1. The molecule has 1 aliphatic heterocycles. The van der Waals surface area contributed by atoms with Crippen molar-refractivity contribution >= 4 is 17.7 Å². The third kappa shape index (κ3) is 10.6. The van der Waals surface area contributed by atoms with Crippen LogP contribution in [0.5, 0.6) is 5.75 Å². The second kappa shape index (κ2) is 16.5. The van der Waals surface area contributed by atoms with Crippen molar-refractivity contribution in [3.05, 3.63) is 59.2 Å². The van der Waals surface area contributed by atoms with Gasteiger partial charge in [-0.05, 0) is 81.0 Å². The van der Waals surface area contributed by atoms with E-state index in [1.165, 1.54) is 6.92 Å². The van der Waals surface area contributed by atoms with Gasteiger partial charge >= 0.3 is 12.0 Å². The van der Waals surface area contributed by atoms with Gasteiger partial charge in [-0.1, -0.05) is 31.0 Å². The summed E-state index contributed by atoms with van der Waals surface area (Å²) in [6.07, 6.45) is 6.35. The molecule has 10 nitrogen and oxygen atoms in total. The van der Waals surface area contributed by atoms with Gasteiger partial charge in [0, 0.05) is 44.9 Å². The molecule has 2 amide bonds. The molecule has 1 aliphatic rings. The summed E-state index contributed by atoms with van der Waals surface area (Å²) in [6, 6.07) is 11.2. The number of nitrogens with zero attached hydrogens (tertiary/aromatic N) is 1. The minimum atomic E-state index is -1.11. The van der Waals surface area contributed by atoms with Crippen molar-refractivity contribution in [3.63, 3.8) is 0 Å². The summed E-state index contributed by atoms with van der Waals surface area (Å²) in [5.74, 6) is -0.923. The van der Waals surface area contributed by atoms with Crippen LogP contribution in [0.2, 0.25) is 0 Å². The quantitative estimate of drug-likeness (QED) is 0.181. The second-order valence-corrected chi connectivity index (χ2v) is 11.3. The highest BCUT2D eigenvalue weighted by Crippen LogP contribution is 2.32. The van der Waals surface area contributed by atoms with E-state index in [0.29, 0.717) is 25.4 Å². The summed E-state index contributed by atoms with van der Waals surface area (Å²) in [5, 5.41) is 23.2. The number of carbonyl (C=O) groups is 2. The molecule has 232 valence electrons. The molecule has 0 unspecified atom stereocenters. The first kappa shape index (κ1) is 33.3. The van der Waals surface area contributed by atoms with E-state index in [4.69, 9.17) is 19.9 Å². The number of hydrogen-bond donors (Lipinski definition) is 4. The molecule has 1 heterocycles. The van der Waals surface area contributed by atoms with Crippen molar-refractivity contribution in [1.29, 1.82) is 0 Å². The van der Waals surface area contributed by atoms with Gasteiger partial charge in [0.25, 0.3) is 0 Å². The highest BCUT2D eigenvalue weighted by atomic mass is 16.7. The van der Waals surface area contributed by atoms with E-state index < -0.39 is 29.9 Å². The van der Waals surface area contributed by atoms with E-state index in [1.807, 2.05) is 50.2 Å². The zero-order valence-corrected chi connectivity index (χ0v) is 25.1. The van der Waals surface area contributed by atoms with Crippen molar-refractivity contribution < 1.29 is 34.0 Å². The zero-order chi connectivity index (χ0) is 30.5. The number of urea groups is 1. The van der Waals surface area contributed by atoms with E-state index in [2.05, 4.69) is 5.32 Å². The largest absolute Gasteiger partial charge is 0.480 e. The predicted octanol–water partition coefficient (Wildman–Crippen LogP) is 4.91. The van der Waals surface area contributed by atoms with Crippen LogP contribution in [0.15, 0.2) is 42.5 Å². The fourth-order valence-electron chi connectivity index (χ4n) is 4.88. The van der Waals surface area contributed by atoms with Gasteiger partial charge < -0.3 is 35.5 Å². The number of rotatable bonds is 18. The molecule has 0 bridgehead atoms. The van der Waals surface area contributed by atoms with Crippen molar-refractivity contribution in [2.24, 2.45) is 5.73 Å². The van der Waals surface area contributed by atoms with Crippen LogP contribution in [0, 0.1) is 0 Å². The number of nitrogens with two attached hydrogens (primary N) is 1. The van der Waals surface area contributed by atoms with Crippen molar-refractivity contribution in [1.82, 2.24) is 5.32 Å². The second-order valence-electron chi connectivity index (χ2n) is 11.3. The number of carbonyl (C=O) groups excluding carboxylic acids is 1. The summed E-state index contributed by atoms with van der Waals surface area (Å²) in [7, 11) is 0. The van der Waals surface area contributed by atoms with Gasteiger partial charge in [-0.15, -0.1) is 0 Å². The number of anilines is 1. The number of fused-ring (bicyclic) bond motifs is 1. The Morgan fingerprint density at radius 1 is 1.07 bits per heavy atom. The molecule has 0 fully saturated rings. The fourth-order valence-corrected chi connectivity index (χ4v) is 4.88. The first-order valence-corrected chi connectivity index (χ1v) is 14.9. The lowest BCUT2D eigenvalue weighted by Gasteiger charge is -2.33.